The van der Waals surface area contributed by atoms with Crippen molar-refractivity contribution < 1.29 is 14.6 Å². The van der Waals surface area contributed by atoms with Gasteiger partial charge in [-0.05, 0) is 45.7 Å². The van der Waals surface area contributed by atoms with Crippen LogP contribution in [-0.2, 0) is 9.53 Å². The van der Waals surface area contributed by atoms with Crippen LogP contribution in [0.2, 0.25) is 0 Å². The minimum atomic E-state index is -0.0843. The SMILES string of the molecule is CCOC(=O)C1CCCN1CCCCO. The maximum atomic E-state index is 11.6. The standard InChI is InChI=1S/C11H21NO3/c1-2-15-11(14)10-6-5-8-12(10)7-3-4-9-13/h10,13H,2-9H2,1H3. The Morgan fingerprint density at radius 2 is 2.33 bits per heavy atom. The van der Waals surface area contributed by atoms with E-state index in [4.69, 9.17) is 9.84 Å². The molecule has 0 bridgehead atoms. The minimum Gasteiger partial charge on any atom is -0.465 e. The van der Waals surface area contributed by atoms with Crippen molar-refractivity contribution in [2.24, 2.45) is 0 Å². The van der Waals surface area contributed by atoms with Gasteiger partial charge in [0.15, 0.2) is 0 Å². The minimum absolute atomic E-state index is 0.0383. The molecule has 1 aliphatic heterocycles. The van der Waals surface area contributed by atoms with Gasteiger partial charge in [0.25, 0.3) is 0 Å². The Balaban J connectivity index is 2.32. The third kappa shape index (κ3) is 3.80. The van der Waals surface area contributed by atoms with Gasteiger partial charge in [-0.1, -0.05) is 0 Å². The topological polar surface area (TPSA) is 49.8 Å². The molecule has 1 heterocycles. The summed E-state index contributed by atoms with van der Waals surface area (Å²) >= 11 is 0. The Bertz CT molecular complexity index is 196. The molecule has 1 unspecified atom stereocenters. The Hall–Kier alpha value is -0.610. The number of ether oxygens (including phenoxy) is 1. The van der Waals surface area contributed by atoms with Crippen molar-refractivity contribution >= 4 is 5.97 Å². The van der Waals surface area contributed by atoms with E-state index < -0.39 is 0 Å². The van der Waals surface area contributed by atoms with E-state index in [0.29, 0.717) is 6.61 Å². The fourth-order valence-corrected chi connectivity index (χ4v) is 2.03. The zero-order valence-corrected chi connectivity index (χ0v) is 9.45. The monoisotopic (exact) mass is 215 g/mol. The average molecular weight is 215 g/mol. The van der Waals surface area contributed by atoms with E-state index in [1.54, 1.807) is 0 Å². The van der Waals surface area contributed by atoms with Crippen LogP contribution in [0.1, 0.15) is 32.6 Å². The Kier molecular flexibility index (Phi) is 5.65. The van der Waals surface area contributed by atoms with Crippen molar-refractivity contribution in [1.29, 1.82) is 0 Å². The first-order valence-corrected chi connectivity index (χ1v) is 5.81. The van der Waals surface area contributed by atoms with E-state index >= 15 is 0 Å². The molecular weight excluding hydrogens is 194 g/mol. The third-order valence-corrected chi connectivity index (χ3v) is 2.78. The Morgan fingerprint density at radius 3 is 3.00 bits per heavy atom. The van der Waals surface area contributed by atoms with Gasteiger partial charge in [-0.2, -0.15) is 0 Å². The molecule has 0 saturated carbocycles. The van der Waals surface area contributed by atoms with Crippen molar-refractivity contribution in [1.82, 2.24) is 4.90 Å². The number of hydrogen-bond donors (Lipinski definition) is 1. The molecule has 0 aromatic carbocycles. The van der Waals surface area contributed by atoms with E-state index in [1.165, 1.54) is 0 Å². The van der Waals surface area contributed by atoms with Crippen LogP contribution in [0.25, 0.3) is 0 Å². The average Bonchev–Trinajstić information content (AvgIpc) is 2.67. The molecule has 88 valence electrons. The predicted molar refractivity (Wildman–Crippen MR) is 57.5 cm³/mol. The first-order valence-electron chi connectivity index (χ1n) is 5.81. The molecule has 15 heavy (non-hydrogen) atoms. The fraction of sp³-hybridized carbons (Fsp3) is 0.909. The maximum absolute atomic E-state index is 11.6. The molecule has 1 N–H and O–H groups in total. The zero-order valence-electron chi connectivity index (χ0n) is 9.45. The quantitative estimate of drug-likeness (QED) is 0.525. The summed E-state index contributed by atoms with van der Waals surface area (Å²) in [6.45, 7) is 4.40. The molecule has 1 rings (SSSR count). The zero-order chi connectivity index (χ0) is 11.1. The molecule has 0 amide bonds. The second-order valence-corrected chi connectivity index (χ2v) is 3.88. The van der Waals surface area contributed by atoms with Gasteiger partial charge in [0.05, 0.1) is 6.61 Å². The number of nitrogens with zero attached hydrogens (tertiary/aromatic N) is 1. The summed E-state index contributed by atoms with van der Waals surface area (Å²) in [5.74, 6) is -0.0843. The van der Waals surface area contributed by atoms with Gasteiger partial charge in [0.2, 0.25) is 0 Å². The highest BCUT2D eigenvalue weighted by Crippen LogP contribution is 2.18. The fourth-order valence-electron chi connectivity index (χ4n) is 2.03. The van der Waals surface area contributed by atoms with Crippen LogP contribution in [-0.4, -0.2) is 48.3 Å². The molecule has 0 aromatic rings. The summed E-state index contributed by atoms with van der Waals surface area (Å²) < 4.78 is 5.03. The predicted octanol–water partition coefficient (Wildman–Crippen LogP) is 0.786. The van der Waals surface area contributed by atoms with Crippen molar-refractivity contribution in [3.8, 4) is 0 Å². The van der Waals surface area contributed by atoms with Crippen LogP contribution in [0.3, 0.4) is 0 Å². The largest absolute Gasteiger partial charge is 0.465 e. The van der Waals surface area contributed by atoms with Gasteiger partial charge in [-0.3, -0.25) is 9.69 Å². The normalized spacial score (nSPS) is 21.9. The van der Waals surface area contributed by atoms with Crippen LogP contribution >= 0.6 is 0 Å². The molecule has 0 spiro atoms. The van der Waals surface area contributed by atoms with E-state index in [9.17, 15) is 4.79 Å². The van der Waals surface area contributed by atoms with Gasteiger partial charge < -0.3 is 9.84 Å². The Morgan fingerprint density at radius 1 is 1.53 bits per heavy atom. The number of unbranched alkanes of at least 4 members (excludes halogenated alkanes) is 1. The molecule has 1 saturated heterocycles. The van der Waals surface area contributed by atoms with Crippen LogP contribution < -0.4 is 0 Å². The number of carbonyl (C=O) groups excluding carboxylic acids is 1. The molecule has 0 aliphatic carbocycles. The first-order chi connectivity index (χ1) is 7.29. The van der Waals surface area contributed by atoms with Crippen LogP contribution in [0.15, 0.2) is 0 Å². The van der Waals surface area contributed by atoms with Gasteiger partial charge in [-0.25, -0.2) is 0 Å². The molecule has 0 radical (unpaired) electrons. The molecule has 4 nitrogen and oxygen atoms in total. The molecule has 4 heteroatoms. The van der Waals surface area contributed by atoms with E-state index in [2.05, 4.69) is 4.90 Å². The summed E-state index contributed by atoms with van der Waals surface area (Å²) in [6, 6.07) is -0.0383. The maximum Gasteiger partial charge on any atom is 0.323 e. The number of likely N-dealkylation sites (tertiary alicyclic amines) is 1. The summed E-state index contributed by atoms with van der Waals surface area (Å²) in [4.78, 5) is 13.7. The summed E-state index contributed by atoms with van der Waals surface area (Å²) in [5.41, 5.74) is 0. The molecule has 1 aliphatic rings. The van der Waals surface area contributed by atoms with Gasteiger partial charge in [0.1, 0.15) is 6.04 Å². The summed E-state index contributed by atoms with van der Waals surface area (Å²) in [5, 5.41) is 8.69. The highest BCUT2D eigenvalue weighted by Gasteiger charge is 2.30. The highest BCUT2D eigenvalue weighted by molar-refractivity contribution is 5.76. The van der Waals surface area contributed by atoms with Crippen LogP contribution in [0.4, 0.5) is 0 Å². The van der Waals surface area contributed by atoms with Crippen molar-refractivity contribution in [3.63, 3.8) is 0 Å². The summed E-state index contributed by atoms with van der Waals surface area (Å²) in [6.07, 6.45) is 3.75. The number of esters is 1. The number of aliphatic hydroxyl groups excluding tert-OH is 1. The smallest absolute Gasteiger partial charge is 0.323 e. The summed E-state index contributed by atoms with van der Waals surface area (Å²) in [7, 11) is 0. The first kappa shape index (κ1) is 12.5. The lowest BCUT2D eigenvalue weighted by molar-refractivity contribution is -0.148. The van der Waals surface area contributed by atoms with Gasteiger partial charge in [-0.15, -0.1) is 0 Å². The van der Waals surface area contributed by atoms with E-state index in [-0.39, 0.29) is 18.6 Å². The number of aliphatic hydroxyl groups is 1. The molecule has 0 aromatic heterocycles. The second kappa shape index (κ2) is 6.80. The number of rotatable bonds is 6. The van der Waals surface area contributed by atoms with Gasteiger partial charge >= 0.3 is 5.97 Å². The lowest BCUT2D eigenvalue weighted by Crippen LogP contribution is -2.37. The second-order valence-electron chi connectivity index (χ2n) is 3.88. The highest BCUT2D eigenvalue weighted by atomic mass is 16.5. The number of carbonyl (C=O) groups is 1. The van der Waals surface area contributed by atoms with E-state index in [1.807, 2.05) is 6.92 Å². The van der Waals surface area contributed by atoms with Crippen molar-refractivity contribution in [3.05, 3.63) is 0 Å². The molecule has 1 atom stereocenters. The lowest BCUT2D eigenvalue weighted by Gasteiger charge is -2.22. The number of hydrogen-bond acceptors (Lipinski definition) is 4. The third-order valence-electron chi connectivity index (χ3n) is 2.78. The van der Waals surface area contributed by atoms with Gasteiger partial charge in [0, 0.05) is 6.61 Å². The van der Waals surface area contributed by atoms with Crippen LogP contribution in [0.5, 0.6) is 0 Å². The Labute approximate surface area is 91.2 Å². The van der Waals surface area contributed by atoms with E-state index in [0.717, 1.165) is 38.8 Å². The molecule has 1 fully saturated rings. The van der Waals surface area contributed by atoms with Crippen LogP contribution in [0, 0.1) is 0 Å². The van der Waals surface area contributed by atoms with Crippen molar-refractivity contribution in [2.45, 2.75) is 38.6 Å². The molecular formula is C11H21NO3. The lowest BCUT2D eigenvalue weighted by atomic mass is 10.2. The van der Waals surface area contributed by atoms with Crippen molar-refractivity contribution in [2.75, 3.05) is 26.3 Å².